The van der Waals surface area contributed by atoms with E-state index in [0.29, 0.717) is 11.7 Å². The van der Waals surface area contributed by atoms with Crippen LogP contribution in [0.5, 0.6) is 0 Å². The number of ketones is 1. The summed E-state index contributed by atoms with van der Waals surface area (Å²) in [5, 5.41) is 0. The Morgan fingerprint density at radius 3 is 2.21 bits per heavy atom. The molecule has 0 amide bonds. The van der Waals surface area contributed by atoms with E-state index in [2.05, 4.69) is 31.2 Å². The highest BCUT2D eigenvalue weighted by molar-refractivity contribution is 5.92. The first-order chi connectivity index (χ1) is 6.51. The minimum absolute atomic E-state index is 0.144. The third-order valence-electron chi connectivity index (χ3n) is 3.46. The molecule has 0 heterocycles. The van der Waals surface area contributed by atoms with Crippen molar-refractivity contribution in [3.63, 3.8) is 0 Å². The van der Waals surface area contributed by atoms with Gasteiger partial charge in [-0.25, -0.2) is 0 Å². The fourth-order valence-corrected chi connectivity index (χ4v) is 2.10. The summed E-state index contributed by atoms with van der Waals surface area (Å²) in [6.07, 6.45) is 0.718. The van der Waals surface area contributed by atoms with Gasteiger partial charge in [0.25, 0.3) is 0 Å². The Balaban J connectivity index is 2.26. The predicted octanol–water partition coefficient (Wildman–Crippen LogP) is 3.08. The summed E-state index contributed by atoms with van der Waals surface area (Å²) in [7, 11) is 0. The summed E-state index contributed by atoms with van der Waals surface area (Å²) < 4.78 is 0. The molecular weight excluding hydrogens is 172 g/mol. The Hall–Kier alpha value is -1.11. The van der Waals surface area contributed by atoms with Crippen molar-refractivity contribution in [3.8, 4) is 0 Å². The van der Waals surface area contributed by atoms with Crippen LogP contribution in [0.25, 0.3) is 0 Å². The van der Waals surface area contributed by atoms with Gasteiger partial charge < -0.3 is 0 Å². The smallest absolute Gasteiger partial charge is 0.139 e. The molecule has 0 spiro atoms. The molecule has 0 N–H and O–H groups in total. The molecule has 0 radical (unpaired) electrons. The number of benzene rings is 1. The van der Waals surface area contributed by atoms with Crippen molar-refractivity contribution in [2.45, 2.75) is 33.1 Å². The van der Waals surface area contributed by atoms with Crippen molar-refractivity contribution < 1.29 is 4.79 Å². The van der Waals surface area contributed by atoms with E-state index in [9.17, 15) is 4.79 Å². The Morgan fingerprint density at radius 1 is 1.21 bits per heavy atom. The SMILES string of the molecule is Cc1ccc(C2CC(=O)C2(C)C)cc1. The third kappa shape index (κ3) is 1.28. The summed E-state index contributed by atoms with van der Waals surface area (Å²) in [6, 6.07) is 8.53. The molecule has 1 aromatic carbocycles. The second-order valence-corrected chi connectivity index (χ2v) is 4.81. The number of hydrogen-bond donors (Lipinski definition) is 0. The quantitative estimate of drug-likeness (QED) is 0.662. The van der Waals surface area contributed by atoms with Gasteiger partial charge in [0.05, 0.1) is 0 Å². The maximum Gasteiger partial charge on any atom is 0.139 e. The highest BCUT2D eigenvalue weighted by Gasteiger charge is 2.47. The van der Waals surface area contributed by atoms with Gasteiger partial charge in [0.1, 0.15) is 5.78 Å². The topological polar surface area (TPSA) is 17.1 Å². The summed E-state index contributed by atoms with van der Waals surface area (Å²) in [5.41, 5.74) is 2.44. The number of carbonyl (C=O) groups excluding carboxylic acids is 1. The molecule has 74 valence electrons. The van der Waals surface area contributed by atoms with Crippen LogP contribution in [0.4, 0.5) is 0 Å². The molecule has 1 aliphatic rings. The van der Waals surface area contributed by atoms with E-state index in [1.165, 1.54) is 11.1 Å². The molecule has 1 fully saturated rings. The monoisotopic (exact) mass is 188 g/mol. The van der Waals surface area contributed by atoms with Crippen LogP contribution in [0.15, 0.2) is 24.3 Å². The second kappa shape index (κ2) is 2.94. The van der Waals surface area contributed by atoms with Gasteiger partial charge in [-0.05, 0) is 12.5 Å². The van der Waals surface area contributed by atoms with Crippen LogP contribution in [0.2, 0.25) is 0 Å². The van der Waals surface area contributed by atoms with Gasteiger partial charge in [0.15, 0.2) is 0 Å². The lowest BCUT2D eigenvalue weighted by atomic mass is 9.59. The van der Waals surface area contributed by atoms with Crippen LogP contribution in [-0.2, 0) is 4.79 Å². The Kier molecular flexibility index (Phi) is 1.99. The molecule has 1 nitrogen and oxygen atoms in total. The second-order valence-electron chi connectivity index (χ2n) is 4.81. The molecule has 0 saturated heterocycles. The minimum Gasteiger partial charge on any atom is -0.299 e. The molecule has 14 heavy (non-hydrogen) atoms. The summed E-state index contributed by atoms with van der Waals surface area (Å²) in [4.78, 5) is 11.4. The van der Waals surface area contributed by atoms with Crippen molar-refractivity contribution >= 4 is 5.78 Å². The zero-order valence-corrected chi connectivity index (χ0v) is 9.00. The van der Waals surface area contributed by atoms with E-state index in [0.717, 1.165) is 6.42 Å². The standard InChI is InChI=1S/C13H16O/c1-9-4-6-10(7-5-9)11-8-12(14)13(11,2)3/h4-7,11H,8H2,1-3H3. The van der Waals surface area contributed by atoms with Gasteiger partial charge in [-0.2, -0.15) is 0 Å². The molecule has 1 aromatic rings. The number of aryl methyl sites for hydroxylation is 1. The zero-order valence-electron chi connectivity index (χ0n) is 9.00. The molecule has 1 atom stereocenters. The van der Waals surface area contributed by atoms with E-state index in [-0.39, 0.29) is 5.41 Å². The molecular formula is C13H16O. The van der Waals surface area contributed by atoms with Crippen LogP contribution < -0.4 is 0 Å². The lowest BCUT2D eigenvalue weighted by Crippen LogP contribution is -2.43. The normalized spacial score (nSPS) is 24.5. The van der Waals surface area contributed by atoms with E-state index in [1.54, 1.807) is 0 Å². The fraction of sp³-hybridized carbons (Fsp3) is 0.462. The first-order valence-corrected chi connectivity index (χ1v) is 5.11. The summed E-state index contributed by atoms with van der Waals surface area (Å²) in [5.74, 6) is 0.818. The molecule has 2 rings (SSSR count). The highest BCUT2D eigenvalue weighted by Crippen LogP contribution is 2.49. The first kappa shape index (κ1) is 9.45. The first-order valence-electron chi connectivity index (χ1n) is 5.11. The van der Waals surface area contributed by atoms with Crippen molar-refractivity contribution in [2.75, 3.05) is 0 Å². The molecule has 0 aliphatic heterocycles. The predicted molar refractivity (Wildman–Crippen MR) is 57.3 cm³/mol. The van der Waals surface area contributed by atoms with E-state index in [4.69, 9.17) is 0 Å². The zero-order chi connectivity index (χ0) is 10.3. The van der Waals surface area contributed by atoms with Crippen molar-refractivity contribution in [2.24, 2.45) is 5.41 Å². The van der Waals surface area contributed by atoms with Crippen molar-refractivity contribution in [1.29, 1.82) is 0 Å². The molecule has 0 aromatic heterocycles. The number of Topliss-reactive ketones (excluding diaryl/α,β-unsaturated/α-hetero) is 1. The molecule has 1 unspecified atom stereocenters. The van der Waals surface area contributed by atoms with Gasteiger partial charge in [-0.15, -0.1) is 0 Å². The fourth-order valence-electron chi connectivity index (χ4n) is 2.10. The van der Waals surface area contributed by atoms with Crippen molar-refractivity contribution in [1.82, 2.24) is 0 Å². The van der Waals surface area contributed by atoms with Gasteiger partial charge >= 0.3 is 0 Å². The largest absolute Gasteiger partial charge is 0.299 e. The lowest BCUT2D eigenvalue weighted by Gasteiger charge is -2.42. The average Bonchev–Trinajstić information content (AvgIpc) is 2.16. The van der Waals surface area contributed by atoms with Crippen LogP contribution in [0.3, 0.4) is 0 Å². The van der Waals surface area contributed by atoms with E-state index < -0.39 is 0 Å². The maximum atomic E-state index is 11.4. The lowest BCUT2D eigenvalue weighted by molar-refractivity contribution is -0.137. The minimum atomic E-state index is -0.144. The van der Waals surface area contributed by atoms with Crippen LogP contribution in [0.1, 0.15) is 37.3 Å². The van der Waals surface area contributed by atoms with Gasteiger partial charge in [-0.1, -0.05) is 43.7 Å². The van der Waals surface area contributed by atoms with Gasteiger partial charge in [0, 0.05) is 17.8 Å². The average molecular weight is 188 g/mol. The summed E-state index contributed by atoms with van der Waals surface area (Å²) >= 11 is 0. The van der Waals surface area contributed by atoms with Gasteiger partial charge in [0.2, 0.25) is 0 Å². The molecule has 0 bridgehead atoms. The van der Waals surface area contributed by atoms with E-state index in [1.807, 2.05) is 13.8 Å². The maximum absolute atomic E-state index is 11.4. The number of hydrogen-bond acceptors (Lipinski definition) is 1. The molecule has 1 aliphatic carbocycles. The van der Waals surface area contributed by atoms with Crippen molar-refractivity contribution in [3.05, 3.63) is 35.4 Å². The Bertz CT molecular complexity index is 359. The highest BCUT2D eigenvalue weighted by atomic mass is 16.1. The van der Waals surface area contributed by atoms with Crippen LogP contribution in [0, 0.1) is 12.3 Å². The Morgan fingerprint density at radius 2 is 1.79 bits per heavy atom. The van der Waals surface area contributed by atoms with E-state index >= 15 is 0 Å². The number of rotatable bonds is 1. The Labute approximate surface area is 85.1 Å². The van der Waals surface area contributed by atoms with Crippen LogP contribution in [-0.4, -0.2) is 5.78 Å². The van der Waals surface area contributed by atoms with Gasteiger partial charge in [-0.3, -0.25) is 4.79 Å². The summed E-state index contributed by atoms with van der Waals surface area (Å²) in [6.45, 7) is 6.17. The number of carbonyl (C=O) groups is 1. The third-order valence-corrected chi connectivity index (χ3v) is 3.46. The molecule has 1 heteroatoms. The molecule has 1 saturated carbocycles. The van der Waals surface area contributed by atoms with Crippen LogP contribution >= 0.6 is 0 Å².